The molecule has 0 aliphatic rings. The van der Waals surface area contributed by atoms with Crippen LogP contribution in [0.1, 0.15) is 18.3 Å². The highest BCUT2D eigenvalue weighted by molar-refractivity contribution is 6.60. The Morgan fingerprint density at radius 2 is 1.58 bits per heavy atom. The Morgan fingerprint density at radius 3 is 2.00 bits per heavy atom. The fourth-order valence-electron chi connectivity index (χ4n) is 0.975. The van der Waals surface area contributed by atoms with Gasteiger partial charge in [-0.1, -0.05) is 48.6 Å². The monoisotopic (exact) mass is 173 g/mol. The van der Waals surface area contributed by atoms with Crippen molar-refractivity contribution in [2.24, 2.45) is 0 Å². The first-order valence-electron chi connectivity index (χ1n) is 3.76. The minimum absolute atomic E-state index is 0.338. The molecule has 66 valence electrons. The lowest BCUT2D eigenvalue weighted by atomic mass is 9.70. The number of hydrogen-bond donors (Lipinski definition) is 0. The highest BCUT2D eigenvalue weighted by Crippen LogP contribution is 2.29. The van der Waals surface area contributed by atoms with Crippen molar-refractivity contribution < 1.29 is 12.9 Å². The summed E-state index contributed by atoms with van der Waals surface area (Å²) in [5.74, 6) is -1.31. The van der Waals surface area contributed by atoms with Crippen molar-refractivity contribution in [2.45, 2.75) is 12.7 Å². The van der Waals surface area contributed by atoms with Crippen molar-refractivity contribution in [1.82, 2.24) is 0 Å². The van der Waals surface area contributed by atoms with Crippen LogP contribution in [-0.2, 0) is 0 Å². The Balaban J connectivity index is 2.86. The predicted molar refractivity (Wildman–Crippen MR) is 43.9 cm³/mol. The van der Waals surface area contributed by atoms with Crippen molar-refractivity contribution in [3.8, 4) is 0 Å². The highest BCUT2D eigenvalue weighted by atomic mass is 19.4. The van der Waals surface area contributed by atoms with Gasteiger partial charge >= 0.3 is 6.98 Å². The van der Waals surface area contributed by atoms with E-state index in [4.69, 9.17) is 0 Å². The number of halogens is 3. The van der Waals surface area contributed by atoms with Gasteiger partial charge in [-0.3, -0.25) is 0 Å². The molecule has 0 nitrogen and oxygen atoms in total. The van der Waals surface area contributed by atoms with Gasteiger partial charge in [0.15, 0.2) is 0 Å². The maximum Gasteiger partial charge on any atom is 0.485 e. The van der Waals surface area contributed by atoms with Crippen LogP contribution < -0.4 is 0 Å². The molecule has 1 aromatic carbocycles. The molecular formula is C8H9BF3-. The first-order chi connectivity index (χ1) is 5.52. The van der Waals surface area contributed by atoms with Crippen LogP contribution in [0.15, 0.2) is 30.3 Å². The summed E-state index contributed by atoms with van der Waals surface area (Å²) in [6, 6.07) is 7.95. The lowest BCUT2D eigenvalue weighted by Crippen LogP contribution is -2.24. The van der Waals surface area contributed by atoms with Crippen molar-refractivity contribution in [2.75, 3.05) is 0 Å². The molecule has 1 atom stereocenters. The Bertz CT molecular complexity index is 242. The summed E-state index contributed by atoms with van der Waals surface area (Å²) in [4.78, 5) is 0. The maximum atomic E-state index is 12.2. The molecule has 0 amide bonds. The Morgan fingerprint density at radius 1 is 1.08 bits per heavy atom. The fourth-order valence-corrected chi connectivity index (χ4v) is 0.975. The van der Waals surface area contributed by atoms with E-state index >= 15 is 0 Å². The third-order valence-electron chi connectivity index (χ3n) is 1.89. The van der Waals surface area contributed by atoms with Crippen LogP contribution in [0, 0.1) is 0 Å². The average molecular weight is 173 g/mol. The first kappa shape index (κ1) is 9.17. The fraction of sp³-hybridized carbons (Fsp3) is 0.250. The summed E-state index contributed by atoms with van der Waals surface area (Å²) in [5.41, 5.74) is 0.338. The second-order valence-corrected chi connectivity index (χ2v) is 2.82. The molecule has 0 unspecified atom stereocenters. The third-order valence-corrected chi connectivity index (χ3v) is 1.89. The van der Waals surface area contributed by atoms with E-state index in [1.165, 1.54) is 19.1 Å². The van der Waals surface area contributed by atoms with Crippen LogP contribution in [0.5, 0.6) is 0 Å². The largest absolute Gasteiger partial charge is 0.485 e. The molecule has 0 spiro atoms. The minimum atomic E-state index is -4.75. The van der Waals surface area contributed by atoms with Crippen LogP contribution in [-0.4, -0.2) is 6.98 Å². The van der Waals surface area contributed by atoms with Gasteiger partial charge in [-0.05, 0) is 0 Å². The van der Waals surface area contributed by atoms with Gasteiger partial charge in [0.1, 0.15) is 0 Å². The van der Waals surface area contributed by atoms with Gasteiger partial charge in [-0.25, -0.2) is 0 Å². The Kier molecular flexibility index (Phi) is 2.45. The van der Waals surface area contributed by atoms with Gasteiger partial charge < -0.3 is 12.9 Å². The lowest BCUT2D eigenvalue weighted by Gasteiger charge is -2.22. The van der Waals surface area contributed by atoms with E-state index in [-0.39, 0.29) is 0 Å². The zero-order valence-electron chi connectivity index (χ0n) is 6.68. The van der Waals surface area contributed by atoms with Gasteiger partial charge in [0, 0.05) is 0 Å². The van der Waals surface area contributed by atoms with Crippen molar-refractivity contribution >= 4 is 6.98 Å². The smallest absolute Gasteiger partial charge is 0.448 e. The summed E-state index contributed by atoms with van der Waals surface area (Å²) in [5, 5.41) is 0. The number of benzene rings is 1. The molecule has 0 fully saturated rings. The molecule has 12 heavy (non-hydrogen) atoms. The topological polar surface area (TPSA) is 0 Å². The normalized spacial score (nSPS) is 14.3. The van der Waals surface area contributed by atoms with Crippen molar-refractivity contribution in [3.05, 3.63) is 35.9 Å². The second-order valence-electron chi connectivity index (χ2n) is 2.82. The van der Waals surface area contributed by atoms with E-state index in [0.29, 0.717) is 5.56 Å². The van der Waals surface area contributed by atoms with E-state index in [1.807, 2.05) is 0 Å². The second kappa shape index (κ2) is 3.21. The van der Waals surface area contributed by atoms with Crippen molar-refractivity contribution in [1.29, 1.82) is 0 Å². The van der Waals surface area contributed by atoms with Crippen LogP contribution in [0.3, 0.4) is 0 Å². The van der Waals surface area contributed by atoms with Crippen LogP contribution >= 0.6 is 0 Å². The number of rotatable bonds is 2. The molecule has 0 saturated heterocycles. The summed E-state index contributed by atoms with van der Waals surface area (Å²) in [6.07, 6.45) is 0. The molecule has 1 aromatic rings. The molecule has 0 aliphatic carbocycles. The number of hydrogen-bond acceptors (Lipinski definition) is 0. The predicted octanol–water partition coefficient (Wildman–Crippen LogP) is 3.18. The SMILES string of the molecule is C[C@@H](c1ccccc1)[B-](F)(F)F. The van der Waals surface area contributed by atoms with E-state index < -0.39 is 12.8 Å². The summed E-state index contributed by atoms with van der Waals surface area (Å²) >= 11 is 0. The van der Waals surface area contributed by atoms with Gasteiger partial charge in [0.05, 0.1) is 0 Å². The third kappa shape index (κ3) is 2.03. The zero-order valence-corrected chi connectivity index (χ0v) is 6.68. The first-order valence-corrected chi connectivity index (χ1v) is 3.76. The van der Waals surface area contributed by atoms with E-state index in [9.17, 15) is 12.9 Å². The molecule has 1 rings (SSSR count). The van der Waals surface area contributed by atoms with Gasteiger partial charge in [0.2, 0.25) is 0 Å². The maximum absolute atomic E-state index is 12.2. The minimum Gasteiger partial charge on any atom is -0.448 e. The van der Waals surface area contributed by atoms with Gasteiger partial charge in [0.25, 0.3) is 0 Å². The Hall–Kier alpha value is -0.925. The standard InChI is InChI=1S/C8H9BF3/c1-7(9(10,11)12)8-5-3-2-4-6-8/h2-7H,1H3/q-1/t7-/m0/s1. The quantitative estimate of drug-likeness (QED) is 0.602. The van der Waals surface area contributed by atoms with Crippen LogP contribution in [0.25, 0.3) is 0 Å². The molecule has 0 saturated carbocycles. The molecule has 0 aliphatic heterocycles. The molecule has 4 heteroatoms. The Labute approximate surface area is 69.5 Å². The molecular weight excluding hydrogens is 164 g/mol. The summed E-state index contributed by atoms with van der Waals surface area (Å²) < 4.78 is 36.6. The van der Waals surface area contributed by atoms with Crippen molar-refractivity contribution in [3.63, 3.8) is 0 Å². The molecule has 0 aromatic heterocycles. The molecule has 0 heterocycles. The van der Waals surface area contributed by atoms with Crippen LogP contribution in [0.2, 0.25) is 0 Å². The zero-order chi connectivity index (χ0) is 9.19. The molecule has 0 N–H and O–H groups in total. The van der Waals surface area contributed by atoms with E-state index in [1.54, 1.807) is 18.2 Å². The van der Waals surface area contributed by atoms with E-state index in [0.717, 1.165) is 0 Å². The van der Waals surface area contributed by atoms with Gasteiger partial charge in [-0.2, -0.15) is 0 Å². The highest BCUT2D eigenvalue weighted by Gasteiger charge is 2.31. The summed E-state index contributed by atoms with van der Waals surface area (Å²) in [7, 11) is 0. The van der Waals surface area contributed by atoms with Gasteiger partial charge in [-0.15, -0.1) is 0 Å². The average Bonchev–Trinajstić information content (AvgIpc) is 2.03. The van der Waals surface area contributed by atoms with E-state index in [2.05, 4.69) is 0 Å². The molecule has 0 radical (unpaired) electrons. The lowest BCUT2D eigenvalue weighted by molar-refractivity contribution is 0.446. The van der Waals surface area contributed by atoms with Crippen LogP contribution in [0.4, 0.5) is 12.9 Å². The summed E-state index contributed by atoms with van der Waals surface area (Å²) in [6.45, 7) is -3.56. The molecule has 0 bridgehead atoms.